The molecule has 1 saturated heterocycles. The summed E-state index contributed by atoms with van der Waals surface area (Å²) in [7, 11) is 0. The van der Waals surface area contributed by atoms with Crippen molar-refractivity contribution in [3.63, 3.8) is 0 Å². The highest BCUT2D eigenvalue weighted by molar-refractivity contribution is 7.71. The average Bonchev–Trinajstić information content (AvgIpc) is 3.27. The summed E-state index contributed by atoms with van der Waals surface area (Å²) in [6.45, 7) is 2.26. The van der Waals surface area contributed by atoms with Crippen LogP contribution >= 0.6 is 12.2 Å². The molecule has 24 heavy (non-hydrogen) atoms. The minimum atomic E-state index is -0.241. The Balaban J connectivity index is 1.65. The number of nitrogens with zero attached hydrogens (tertiary/aromatic N) is 1. The number of amides is 1. The van der Waals surface area contributed by atoms with E-state index in [-0.39, 0.29) is 16.2 Å². The lowest BCUT2D eigenvalue weighted by atomic mass is 10.1. The summed E-state index contributed by atoms with van der Waals surface area (Å²) >= 11 is 5.01. The molecule has 1 aliphatic carbocycles. The van der Waals surface area contributed by atoms with Gasteiger partial charge in [-0.1, -0.05) is 0 Å². The smallest absolute Gasteiger partial charge is 0.259 e. The highest BCUT2D eigenvalue weighted by atomic mass is 32.1. The standard InChI is InChI=1S/C17H19N3O3S/c21-15-13-4-1-11(7-14(13)18-17(24)19-15)16(22)20(12-2-3-12)8-10-5-6-23-9-10/h1,4,7,10,12H,2-3,5-6,8-9H2,(H2,18,19,21,24)/t10-/m0/s1. The molecule has 2 aliphatic rings. The van der Waals surface area contributed by atoms with Crippen LogP contribution in [-0.2, 0) is 4.74 Å². The molecule has 6 nitrogen and oxygen atoms in total. The van der Waals surface area contributed by atoms with Crippen molar-refractivity contribution in [1.29, 1.82) is 0 Å². The fourth-order valence-corrected chi connectivity index (χ4v) is 3.46. The Morgan fingerprint density at radius 2 is 2.12 bits per heavy atom. The maximum absolute atomic E-state index is 13.0. The first-order valence-electron chi connectivity index (χ1n) is 8.27. The zero-order valence-electron chi connectivity index (χ0n) is 13.2. The fourth-order valence-electron chi connectivity index (χ4n) is 3.26. The van der Waals surface area contributed by atoms with Gasteiger partial charge in [-0.3, -0.25) is 14.6 Å². The second-order valence-electron chi connectivity index (χ2n) is 6.59. The van der Waals surface area contributed by atoms with Gasteiger partial charge in [0.25, 0.3) is 11.5 Å². The number of fused-ring (bicyclic) bond motifs is 1. The van der Waals surface area contributed by atoms with Crippen molar-refractivity contribution in [2.24, 2.45) is 5.92 Å². The summed E-state index contributed by atoms with van der Waals surface area (Å²) in [4.78, 5) is 32.4. The monoisotopic (exact) mass is 345 g/mol. The van der Waals surface area contributed by atoms with E-state index in [1.165, 1.54) is 0 Å². The molecule has 0 unspecified atom stereocenters. The molecule has 2 N–H and O–H groups in total. The van der Waals surface area contributed by atoms with Crippen molar-refractivity contribution in [2.45, 2.75) is 25.3 Å². The summed E-state index contributed by atoms with van der Waals surface area (Å²) in [6.07, 6.45) is 3.14. The van der Waals surface area contributed by atoms with E-state index in [1.54, 1.807) is 18.2 Å². The minimum Gasteiger partial charge on any atom is -0.381 e. The largest absolute Gasteiger partial charge is 0.381 e. The fraction of sp³-hybridized carbons (Fsp3) is 0.471. The van der Waals surface area contributed by atoms with E-state index in [0.29, 0.717) is 28.4 Å². The maximum Gasteiger partial charge on any atom is 0.259 e. The third kappa shape index (κ3) is 3.01. The van der Waals surface area contributed by atoms with Crippen LogP contribution in [0.5, 0.6) is 0 Å². The molecule has 2 aromatic rings. The second kappa shape index (κ2) is 6.14. The molecule has 0 bridgehead atoms. The van der Waals surface area contributed by atoms with Crippen LogP contribution in [0, 0.1) is 10.7 Å². The molecule has 0 spiro atoms. The van der Waals surface area contributed by atoms with Gasteiger partial charge in [0.1, 0.15) is 0 Å². The molecule has 1 atom stereocenters. The molecular formula is C17H19N3O3S. The van der Waals surface area contributed by atoms with Crippen molar-refractivity contribution in [3.8, 4) is 0 Å². The quantitative estimate of drug-likeness (QED) is 0.833. The highest BCUT2D eigenvalue weighted by Gasteiger charge is 2.35. The third-order valence-electron chi connectivity index (χ3n) is 4.71. The number of benzene rings is 1. The number of hydrogen-bond donors (Lipinski definition) is 2. The summed E-state index contributed by atoms with van der Waals surface area (Å²) in [6, 6.07) is 5.46. The maximum atomic E-state index is 13.0. The van der Waals surface area contributed by atoms with E-state index in [9.17, 15) is 9.59 Å². The van der Waals surface area contributed by atoms with Crippen molar-refractivity contribution >= 4 is 29.0 Å². The zero-order chi connectivity index (χ0) is 16.7. The summed E-state index contributed by atoms with van der Waals surface area (Å²) in [5.41, 5.74) is 0.939. The van der Waals surface area contributed by atoms with Gasteiger partial charge in [0.2, 0.25) is 0 Å². The van der Waals surface area contributed by atoms with Crippen LogP contribution in [0.15, 0.2) is 23.0 Å². The first-order valence-corrected chi connectivity index (χ1v) is 8.68. The molecule has 1 saturated carbocycles. The molecule has 1 amide bonds. The van der Waals surface area contributed by atoms with Gasteiger partial charge in [-0.2, -0.15) is 0 Å². The number of nitrogens with one attached hydrogen (secondary N) is 2. The van der Waals surface area contributed by atoms with Gasteiger partial charge in [0, 0.05) is 30.7 Å². The highest BCUT2D eigenvalue weighted by Crippen LogP contribution is 2.30. The van der Waals surface area contributed by atoms with Crippen molar-refractivity contribution in [2.75, 3.05) is 19.8 Å². The van der Waals surface area contributed by atoms with Crippen LogP contribution < -0.4 is 5.56 Å². The lowest BCUT2D eigenvalue weighted by molar-refractivity contribution is 0.0706. The average molecular weight is 345 g/mol. The predicted octanol–water partition coefficient (Wildman–Crippen LogP) is 2.23. The summed E-state index contributed by atoms with van der Waals surface area (Å²) in [5, 5.41) is 0.502. The van der Waals surface area contributed by atoms with Crippen LogP contribution in [0.4, 0.5) is 0 Å². The molecule has 7 heteroatoms. The van der Waals surface area contributed by atoms with Crippen molar-refractivity contribution < 1.29 is 9.53 Å². The van der Waals surface area contributed by atoms with E-state index < -0.39 is 0 Å². The number of ether oxygens (including phenoxy) is 1. The van der Waals surface area contributed by atoms with Gasteiger partial charge in [-0.15, -0.1) is 0 Å². The van der Waals surface area contributed by atoms with E-state index in [0.717, 1.165) is 39.0 Å². The van der Waals surface area contributed by atoms with Crippen LogP contribution in [0.3, 0.4) is 0 Å². The number of hydrogen-bond acceptors (Lipinski definition) is 4. The Kier molecular flexibility index (Phi) is 3.97. The molecule has 0 radical (unpaired) electrons. The Bertz CT molecular complexity index is 894. The van der Waals surface area contributed by atoms with E-state index in [2.05, 4.69) is 9.97 Å². The van der Waals surface area contributed by atoms with Crippen molar-refractivity contribution in [1.82, 2.24) is 14.9 Å². The van der Waals surface area contributed by atoms with E-state index in [1.807, 2.05) is 4.90 Å². The summed E-state index contributed by atoms with van der Waals surface area (Å²) < 4.78 is 5.70. The molecule has 126 valence electrons. The van der Waals surface area contributed by atoms with Crippen molar-refractivity contribution in [3.05, 3.63) is 38.9 Å². The summed E-state index contributed by atoms with van der Waals surface area (Å²) in [5.74, 6) is 0.439. The van der Waals surface area contributed by atoms with Gasteiger partial charge in [0.15, 0.2) is 4.77 Å². The molecule has 1 aromatic heterocycles. The van der Waals surface area contributed by atoms with E-state index in [4.69, 9.17) is 17.0 Å². The number of carbonyl (C=O) groups is 1. The van der Waals surface area contributed by atoms with Crippen LogP contribution in [0.2, 0.25) is 0 Å². The van der Waals surface area contributed by atoms with Gasteiger partial charge in [-0.25, -0.2) is 0 Å². The molecule has 1 aliphatic heterocycles. The molecule has 2 fully saturated rings. The molecule has 4 rings (SSSR count). The molecule has 2 heterocycles. The van der Waals surface area contributed by atoms with Crippen LogP contribution in [-0.4, -0.2) is 46.6 Å². The zero-order valence-corrected chi connectivity index (χ0v) is 14.0. The molecular weight excluding hydrogens is 326 g/mol. The number of H-pyrrole nitrogens is 2. The third-order valence-corrected chi connectivity index (χ3v) is 4.92. The lowest BCUT2D eigenvalue weighted by Gasteiger charge is -2.25. The Morgan fingerprint density at radius 1 is 1.29 bits per heavy atom. The van der Waals surface area contributed by atoms with Gasteiger partial charge in [-0.05, 0) is 49.7 Å². The number of aromatic amines is 2. The predicted molar refractivity (Wildman–Crippen MR) is 92.7 cm³/mol. The van der Waals surface area contributed by atoms with E-state index >= 15 is 0 Å². The van der Waals surface area contributed by atoms with Gasteiger partial charge < -0.3 is 14.6 Å². The number of rotatable bonds is 4. The Labute approximate surface area is 143 Å². The Morgan fingerprint density at radius 3 is 2.83 bits per heavy atom. The first-order chi connectivity index (χ1) is 11.6. The second-order valence-corrected chi connectivity index (χ2v) is 7.00. The normalized spacial score (nSPS) is 20.4. The number of carbonyl (C=O) groups excluding carboxylic acids is 1. The topological polar surface area (TPSA) is 78.2 Å². The lowest BCUT2D eigenvalue weighted by Crippen LogP contribution is -2.37. The number of aromatic nitrogens is 2. The van der Waals surface area contributed by atoms with Gasteiger partial charge in [0.05, 0.1) is 17.5 Å². The Hall–Kier alpha value is -1.99. The minimum absolute atomic E-state index is 0.0194. The molecule has 1 aromatic carbocycles. The van der Waals surface area contributed by atoms with Crippen LogP contribution in [0.25, 0.3) is 10.9 Å². The first kappa shape index (κ1) is 15.5. The van der Waals surface area contributed by atoms with Gasteiger partial charge >= 0.3 is 0 Å². The SMILES string of the molecule is O=C(c1ccc2c(=O)[nH]c(=S)[nH]c2c1)N(C[C@@H]1CCOC1)C1CC1. The van der Waals surface area contributed by atoms with Crippen LogP contribution in [0.1, 0.15) is 29.6 Å².